The van der Waals surface area contributed by atoms with E-state index in [9.17, 15) is 4.79 Å². The summed E-state index contributed by atoms with van der Waals surface area (Å²) in [4.78, 5) is 18.3. The second-order valence-corrected chi connectivity index (χ2v) is 10.3. The number of fused-ring (bicyclic) bond motifs is 4. The molecule has 2 saturated carbocycles. The first-order chi connectivity index (χ1) is 15.4. The lowest BCUT2D eigenvalue weighted by molar-refractivity contribution is -0.111. The van der Waals surface area contributed by atoms with Crippen LogP contribution in [0.5, 0.6) is 0 Å². The van der Waals surface area contributed by atoms with Gasteiger partial charge in [-0.3, -0.25) is 14.2 Å². The van der Waals surface area contributed by atoms with Crippen LogP contribution in [0.2, 0.25) is 0 Å². The molecule has 1 N–H and O–H groups in total. The van der Waals surface area contributed by atoms with E-state index in [1.54, 1.807) is 0 Å². The van der Waals surface area contributed by atoms with Crippen molar-refractivity contribution in [3.8, 4) is 0 Å². The number of rotatable bonds is 5. The first-order valence-electron chi connectivity index (χ1n) is 11.7. The first-order valence-corrected chi connectivity index (χ1v) is 11.7. The number of hydrogen-bond acceptors (Lipinski definition) is 5. The van der Waals surface area contributed by atoms with Crippen LogP contribution < -0.4 is 10.2 Å². The maximum atomic E-state index is 11.1. The number of aromatic nitrogens is 5. The van der Waals surface area contributed by atoms with Crippen molar-refractivity contribution in [2.45, 2.75) is 71.0 Å². The van der Waals surface area contributed by atoms with E-state index in [4.69, 9.17) is 5.10 Å². The van der Waals surface area contributed by atoms with Crippen molar-refractivity contribution in [2.75, 3.05) is 11.4 Å². The molecule has 1 amide bonds. The van der Waals surface area contributed by atoms with Crippen molar-refractivity contribution in [1.82, 2.24) is 29.9 Å². The Morgan fingerprint density at radius 1 is 1.22 bits per heavy atom. The van der Waals surface area contributed by atoms with Gasteiger partial charge in [0.2, 0.25) is 6.41 Å². The van der Waals surface area contributed by atoms with Crippen molar-refractivity contribution in [1.29, 1.82) is 0 Å². The Hall–Kier alpha value is -2.90. The van der Waals surface area contributed by atoms with E-state index in [0.717, 1.165) is 74.1 Å². The standard InChI is InChI=1S/C24H31N7O/c1-16-10-21(18-11-26-29(3)22(18)27-16)30-9-4-20-19(12-30)17(2)28-31(20)14-23-5-7-24(13-23,8-6-23)25-15-32/h10-11,15H,4-9,12-14H2,1-3H3,(H,25,32). The molecular formula is C24H31N7O. The van der Waals surface area contributed by atoms with E-state index in [2.05, 4.69) is 44.9 Å². The van der Waals surface area contributed by atoms with Crippen LogP contribution in [0.1, 0.15) is 54.7 Å². The molecule has 4 heterocycles. The average molecular weight is 434 g/mol. The zero-order valence-electron chi connectivity index (χ0n) is 19.2. The second-order valence-electron chi connectivity index (χ2n) is 10.3. The zero-order chi connectivity index (χ0) is 22.1. The van der Waals surface area contributed by atoms with E-state index in [-0.39, 0.29) is 11.0 Å². The van der Waals surface area contributed by atoms with Gasteiger partial charge in [-0.1, -0.05) is 0 Å². The minimum Gasteiger partial charge on any atom is -0.366 e. The number of anilines is 1. The average Bonchev–Trinajstić information content (AvgIpc) is 3.50. The number of nitrogens with one attached hydrogen (secondary N) is 1. The highest BCUT2D eigenvalue weighted by Crippen LogP contribution is 2.57. The minimum absolute atomic E-state index is 0.0368. The van der Waals surface area contributed by atoms with Gasteiger partial charge in [-0.2, -0.15) is 10.2 Å². The minimum atomic E-state index is 0.0368. The molecule has 3 aromatic heterocycles. The summed E-state index contributed by atoms with van der Waals surface area (Å²) >= 11 is 0. The predicted molar refractivity (Wildman–Crippen MR) is 122 cm³/mol. The van der Waals surface area contributed by atoms with E-state index in [0.29, 0.717) is 0 Å². The highest BCUT2D eigenvalue weighted by molar-refractivity contribution is 5.89. The van der Waals surface area contributed by atoms with Gasteiger partial charge >= 0.3 is 0 Å². The Labute approximate surface area is 188 Å². The number of amides is 1. The highest BCUT2D eigenvalue weighted by atomic mass is 16.1. The summed E-state index contributed by atoms with van der Waals surface area (Å²) in [5, 5.41) is 13.7. The topological polar surface area (TPSA) is 80.9 Å². The predicted octanol–water partition coefficient (Wildman–Crippen LogP) is 2.79. The molecule has 3 aromatic rings. The maximum Gasteiger partial charge on any atom is 0.207 e. The fourth-order valence-electron chi connectivity index (χ4n) is 6.66. The number of carbonyl (C=O) groups is 1. The van der Waals surface area contributed by atoms with Crippen LogP contribution in [0.3, 0.4) is 0 Å². The molecular weight excluding hydrogens is 402 g/mol. The number of nitrogens with zero attached hydrogens (tertiary/aromatic N) is 6. The number of hydrogen-bond donors (Lipinski definition) is 1. The molecule has 2 bridgehead atoms. The van der Waals surface area contributed by atoms with E-state index in [1.165, 1.54) is 29.8 Å². The van der Waals surface area contributed by atoms with Gasteiger partial charge in [-0.15, -0.1) is 0 Å². The van der Waals surface area contributed by atoms with Gasteiger partial charge in [-0.25, -0.2) is 4.98 Å². The molecule has 168 valence electrons. The Bertz CT molecular complexity index is 1210. The number of aryl methyl sites for hydroxylation is 3. The van der Waals surface area contributed by atoms with Crippen LogP contribution in [0, 0.1) is 19.3 Å². The number of carbonyl (C=O) groups excluding carboxylic acids is 1. The van der Waals surface area contributed by atoms with Crippen LogP contribution in [-0.4, -0.2) is 43.0 Å². The molecule has 0 spiro atoms. The highest BCUT2D eigenvalue weighted by Gasteiger charge is 2.54. The van der Waals surface area contributed by atoms with Crippen LogP contribution in [0.25, 0.3) is 11.0 Å². The molecule has 0 aromatic carbocycles. The van der Waals surface area contributed by atoms with Crippen molar-refractivity contribution in [3.63, 3.8) is 0 Å². The zero-order valence-corrected chi connectivity index (χ0v) is 19.2. The summed E-state index contributed by atoms with van der Waals surface area (Å²) < 4.78 is 4.16. The summed E-state index contributed by atoms with van der Waals surface area (Å²) in [6.07, 6.45) is 9.49. The van der Waals surface area contributed by atoms with Crippen molar-refractivity contribution in [2.24, 2.45) is 12.5 Å². The van der Waals surface area contributed by atoms with Gasteiger partial charge < -0.3 is 10.2 Å². The fourth-order valence-corrected chi connectivity index (χ4v) is 6.66. The normalized spacial score (nSPS) is 26.7. The summed E-state index contributed by atoms with van der Waals surface area (Å²) in [6.45, 7) is 7.02. The lowest BCUT2D eigenvalue weighted by Gasteiger charge is -2.32. The SMILES string of the molecule is Cc1cc(N2CCc3c(c(C)nn3CC34CCC(NC=O)(CC3)C4)C2)c2cnn(C)c2n1. The van der Waals surface area contributed by atoms with Crippen molar-refractivity contribution < 1.29 is 4.79 Å². The number of pyridine rings is 1. The molecule has 2 fully saturated rings. The van der Waals surface area contributed by atoms with E-state index in [1.807, 2.05) is 17.9 Å². The third-order valence-electron chi connectivity index (χ3n) is 8.32. The van der Waals surface area contributed by atoms with E-state index < -0.39 is 0 Å². The summed E-state index contributed by atoms with van der Waals surface area (Å²) in [5.41, 5.74) is 7.39. The molecule has 0 atom stereocenters. The monoisotopic (exact) mass is 433 g/mol. The Balaban J connectivity index is 1.29. The molecule has 8 nitrogen and oxygen atoms in total. The lowest BCUT2D eigenvalue weighted by Crippen LogP contribution is -2.39. The van der Waals surface area contributed by atoms with Gasteiger partial charge in [0.05, 0.1) is 23.0 Å². The third-order valence-corrected chi connectivity index (χ3v) is 8.32. The van der Waals surface area contributed by atoms with Crippen LogP contribution in [0.15, 0.2) is 12.3 Å². The lowest BCUT2D eigenvalue weighted by atomic mass is 9.84. The van der Waals surface area contributed by atoms with Gasteiger partial charge in [0.15, 0.2) is 5.65 Å². The molecule has 0 unspecified atom stereocenters. The molecule has 8 heteroatoms. The molecule has 32 heavy (non-hydrogen) atoms. The van der Waals surface area contributed by atoms with Crippen molar-refractivity contribution in [3.05, 3.63) is 34.9 Å². The summed E-state index contributed by atoms with van der Waals surface area (Å²) in [6, 6.07) is 2.18. The van der Waals surface area contributed by atoms with Crippen LogP contribution in [0.4, 0.5) is 5.69 Å². The molecule has 6 rings (SSSR count). The van der Waals surface area contributed by atoms with Crippen LogP contribution in [-0.2, 0) is 31.4 Å². The first kappa shape index (κ1) is 19.8. The van der Waals surface area contributed by atoms with Gasteiger partial charge in [-0.05, 0) is 57.4 Å². The smallest absolute Gasteiger partial charge is 0.207 e. The van der Waals surface area contributed by atoms with Gasteiger partial charge in [0.1, 0.15) is 0 Å². The third kappa shape index (κ3) is 2.88. The Morgan fingerprint density at radius 2 is 2.03 bits per heavy atom. The fraction of sp³-hybridized carbons (Fsp3) is 0.583. The van der Waals surface area contributed by atoms with Gasteiger partial charge in [0.25, 0.3) is 0 Å². The molecule has 3 aliphatic rings. The molecule has 0 saturated heterocycles. The Morgan fingerprint density at radius 3 is 2.81 bits per heavy atom. The summed E-state index contributed by atoms with van der Waals surface area (Å²) in [7, 11) is 1.95. The molecule has 2 aliphatic carbocycles. The largest absolute Gasteiger partial charge is 0.366 e. The van der Waals surface area contributed by atoms with Crippen molar-refractivity contribution >= 4 is 23.1 Å². The quantitative estimate of drug-likeness (QED) is 0.626. The van der Waals surface area contributed by atoms with Crippen LogP contribution >= 0.6 is 0 Å². The second kappa shape index (κ2) is 6.80. The van der Waals surface area contributed by atoms with E-state index >= 15 is 0 Å². The Kier molecular flexibility index (Phi) is 4.20. The molecule has 1 aliphatic heterocycles. The molecule has 0 radical (unpaired) electrons. The van der Waals surface area contributed by atoms with Gasteiger partial charge in [0, 0.05) is 55.6 Å². The summed E-state index contributed by atoms with van der Waals surface area (Å²) in [5.74, 6) is 0. The maximum absolute atomic E-state index is 11.1.